The molecule has 1 saturated carbocycles. The van der Waals surface area contributed by atoms with Gasteiger partial charge in [-0.2, -0.15) is 26.3 Å². The Labute approximate surface area is 260 Å². The molecule has 14 heteroatoms. The summed E-state index contributed by atoms with van der Waals surface area (Å²) in [6.07, 6.45) is -10.3. The summed E-state index contributed by atoms with van der Waals surface area (Å²) in [4.78, 5) is 41.9. The van der Waals surface area contributed by atoms with Crippen LogP contribution in [0.5, 0.6) is 0 Å². The van der Waals surface area contributed by atoms with E-state index in [1.165, 1.54) is 13.1 Å². The number of H-pyrrole nitrogens is 1. The molecule has 0 unspecified atom stereocenters. The topological polar surface area (TPSA) is 115 Å². The normalized spacial score (nSPS) is 15.6. The van der Waals surface area contributed by atoms with Gasteiger partial charge in [0.05, 0.1) is 17.7 Å². The highest BCUT2D eigenvalue weighted by molar-refractivity contribution is 5.98. The zero-order valence-electron chi connectivity index (χ0n) is 24.8. The van der Waals surface area contributed by atoms with E-state index in [9.17, 15) is 45.8 Å². The van der Waals surface area contributed by atoms with E-state index in [0.29, 0.717) is 18.4 Å². The number of amides is 2. The molecule has 0 radical (unpaired) electrons. The largest absolute Gasteiger partial charge is 0.416 e. The lowest BCUT2D eigenvalue weighted by Crippen LogP contribution is -2.50. The van der Waals surface area contributed by atoms with E-state index in [1.807, 2.05) is 0 Å². The van der Waals surface area contributed by atoms with E-state index in [-0.39, 0.29) is 37.2 Å². The first kappa shape index (κ1) is 34.7. The van der Waals surface area contributed by atoms with Crippen LogP contribution < -0.4 is 16.2 Å². The average molecular weight is 653 g/mol. The minimum absolute atomic E-state index is 0.0915. The van der Waals surface area contributed by atoms with Crippen LogP contribution >= 0.6 is 0 Å². The number of nitrogens with zero attached hydrogens (tertiary/aromatic N) is 1. The molecule has 1 aliphatic carbocycles. The Balaban J connectivity index is 1.48. The van der Waals surface area contributed by atoms with E-state index in [4.69, 9.17) is 0 Å². The molecule has 3 aromatic rings. The van der Waals surface area contributed by atoms with Gasteiger partial charge < -0.3 is 25.6 Å². The van der Waals surface area contributed by atoms with Crippen molar-refractivity contribution >= 4 is 11.8 Å². The maximum Gasteiger partial charge on any atom is 0.416 e. The first-order chi connectivity index (χ1) is 21.6. The van der Waals surface area contributed by atoms with Crippen LogP contribution in [-0.4, -0.2) is 65.3 Å². The summed E-state index contributed by atoms with van der Waals surface area (Å²) in [5.74, 6) is -1.58. The molecule has 1 fully saturated rings. The fourth-order valence-electron chi connectivity index (χ4n) is 5.15. The van der Waals surface area contributed by atoms with Gasteiger partial charge in [-0.05, 0) is 55.0 Å². The molecule has 1 aliphatic rings. The third kappa shape index (κ3) is 9.42. The molecule has 4 N–H and O–H groups in total. The number of carbonyl (C=O) groups is 2. The Bertz CT molecular complexity index is 1570. The fraction of sp³-hybridized carbons (Fsp3) is 0.406. The molecule has 2 aromatic carbocycles. The van der Waals surface area contributed by atoms with Crippen LogP contribution in [0.3, 0.4) is 0 Å². The Hall–Kier alpha value is -4.17. The highest BCUT2D eigenvalue weighted by Crippen LogP contribution is 2.46. The molecule has 0 spiro atoms. The number of halogens is 6. The molecule has 248 valence electrons. The molecule has 1 heterocycles. The van der Waals surface area contributed by atoms with Crippen molar-refractivity contribution in [2.24, 2.45) is 0 Å². The molecule has 1 aromatic heterocycles. The highest BCUT2D eigenvalue weighted by Gasteiger charge is 2.45. The summed E-state index contributed by atoms with van der Waals surface area (Å²) in [5.41, 5.74) is -1.67. The van der Waals surface area contributed by atoms with Gasteiger partial charge in [0.1, 0.15) is 5.69 Å². The number of benzene rings is 2. The van der Waals surface area contributed by atoms with Gasteiger partial charge in [-0.15, -0.1) is 0 Å². The molecule has 46 heavy (non-hydrogen) atoms. The highest BCUT2D eigenvalue weighted by atomic mass is 19.4. The summed E-state index contributed by atoms with van der Waals surface area (Å²) in [5, 5.41) is 17.1. The summed E-state index contributed by atoms with van der Waals surface area (Å²) in [6.45, 7) is -0.321. The Morgan fingerprint density at radius 1 is 1.00 bits per heavy atom. The van der Waals surface area contributed by atoms with Crippen molar-refractivity contribution in [1.82, 2.24) is 20.5 Å². The molecule has 8 nitrogen and oxygen atoms in total. The molecule has 0 aliphatic heterocycles. The fourth-order valence-corrected chi connectivity index (χ4v) is 5.15. The molecular formula is C32H34F6N4O4. The van der Waals surface area contributed by atoms with E-state index in [1.54, 1.807) is 36.4 Å². The van der Waals surface area contributed by atoms with Crippen LogP contribution in [0.15, 0.2) is 71.5 Å². The van der Waals surface area contributed by atoms with Crippen molar-refractivity contribution in [2.45, 2.75) is 62.1 Å². The van der Waals surface area contributed by atoms with Crippen molar-refractivity contribution in [3.05, 3.63) is 105 Å². The second-order valence-electron chi connectivity index (χ2n) is 11.5. The summed E-state index contributed by atoms with van der Waals surface area (Å²) < 4.78 is 77.5. The zero-order valence-corrected chi connectivity index (χ0v) is 24.8. The molecule has 4 rings (SSSR count). The van der Waals surface area contributed by atoms with E-state index in [2.05, 4.69) is 15.6 Å². The smallest absolute Gasteiger partial charge is 0.390 e. The van der Waals surface area contributed by atoms with E-state index < -0.39 is 59.4 Å². The minimum atomic E-state index is -4.51. The summed E-state index contributed by atoms with van der Waals surface area (Å²) in [7, 11) is 1.28. The quantitative estimate of drug-likeness (QED) is 0.199. The molecule has 2 atom stereocenters. The van der Waals surface area contributed by atoms with Crippen LogP contribution in [0.4, 0.5) is 26.3 Å². The van der Waals surface area contributed by atoms with Gasteiger partial charge in [-0.1, -0.05) is 42.5 Å². The number of rotatable bonds is 13. The number of aliphatic hydroxyl groups excluding tert-OH is 1. The predicted molar refractivity (Wildman–Crippen MR) is 157 cm³/mol. The standard InChI is InChI=1S/C32H34F6N4O4/c1-42(14-6-11-31(33,34)35)29(46)21-16-25(40-27(44)17-21)28(45)41-24(15-20-7-3-2-4-8-20)26(43)19-39-30(12-13-30)22-9-5-10-23(18-22)32(36,37)38/h2-5,7-10,16-18,24,26,39,43H,6,11-15,19H2,1H3,(H,40,44)(H,41,45)/t24-,26+/m0/s1. The number of aromatic nitrogens is 1. The molecule has 0 bridgehead atoms. The van der Waals surface area contributed by atoms with Crippen LogP contribution in [0.25, 0.3) is 0 Å². The van der Waals surface area contributed by atoms with E-state index >= 15 is 0 Å². The second kappa shape index (κ2) is 14.1. The maximum atomic E-state index is 13.3. The Kier molecular flexibility index (Phi) is 10.6. The number of pyridine rings is 1. The monoisotopic (exact) mass is 652 g/mol. The third-order valence-electron chi connectivity index (χ3n) is 7.86. The number of aliphatic hydroxyl groups is 1. The lowest BCUT2D eigenvalue weighted by molar-refractivity contribution is -0.138. The first-order valence-electron chi connectivity index (χ1n) is 14.6. The SMILES string of the molecule is CN(CCCC(F)(F)F)C(=O)c1cc(C(=O)N[C@@H](Cc2ccccc2)[C@H](O)CNC2(c3cccc(C(F)(F)F)c3)CC2)[nH]c(=O)c1. The van der Waals surface area contributed by atoms with Crippen molar-refractivity contribution in [1.29, 1.82) is 0 Å². The first-order valence-corrected chi connectivity index (χ1v) is 14.6. The molecular weight excluding hydrogens is 618 g/mol. The number of nitrogens with one attached hydrogen (secondary N) is 3. The van der Waals surface area contributed by atoms with Gasteiger partial charge in [-0.25, -0.2) is 0 Å². The van der Waals surface area contributed by atoms with Gasteiger partial charge in [-0.3, -0.25) is 14.4 Å². The van der Waals surface area contributed by atoms with Gasteiger partial charge >= 0.3 is 12.4 Å². The lowest BCUT2D eigenvalue weighted by atomic mass is 9.98. The van der Waals surface area contributed by atoms with Crippen LogP contribution in [-0.2, 0) is 18.1 Å². The van der Waals surface area contributed by atoms with Gasteiger partial charge in [0, 0.05) is 43.7 Å². The number of hydrogen-bond acceptors (Lipinski definition) is 5. The minimum Gasteiger partial charge on any atom is -0.390 e. The number of carbonyl (C=O) groups excluding carboxylic acids is 2. The van der Waals surface area contributed by atoms with Gasteiger partial charge in [0.2, 0.25) is 5.56 Å². The van der Waals surface area contributed by atoms with Gasteiger partial charge in [0.15, 0.2) is 0 Å². The van der Waals surface area contributed by atoms with Crippen LogP contribution in [0.2, 0.25) is 0 Å². The number of alkyl halides is 6. The summed E-state index contributed by atoms with van der Waals surface area (Å²) >= 11 is 0. The van der Waals surface area contributed by atoms with Crippen molar-refractivity contribution in [2.75, 3.05) is 20.1 Å². The Morgan fingerprint density at radius 3 is 2.33 bits per heavy atom. The summed E-state index contributed by atoms with van der Waals surface area (Å²) in [6, 6.07) is 15.0. The van der Waals surface area contributed by atoms with Crippen molar-refractivity contribution in [3.63, 3.8) is 0 Å². The van der Waals surface area contributed by atoms with Crippen LogP contribution in [0, 0.1) is 0 Å². The predicted octanol–water partition coefficient (Wildman–Crippen LogP) is 4.79. The Morgan fingerprint density at radius 2 is 1.70 bits per heavy atom. The lowest BCUT2D eigenvalue weighted by Gasteiger charge is -2.27. The number of aromatic amines is 1. The van der Waals surface area contributed by atoms with Crippen molar-refractivity contribution in [3.8, 4) is 0 Å². The molecule has 2 amide bonds. The van der Waals surface area contributed by atoms with Crippen LogP contribution in [0.1, 0.15) is 63.2 Å². The molecule has 0 saturated heterocycles. The number of hydrogen-bond donors (Lipinski definition) is 4. The second-order valence-corrected chi connectivity index (χ2v) is 11.5. The van der Waals surface area contributed by atoms with Crippen molar-refractivity contribution < 1.29 is 41.0 Å². The van der Waals surface area contributed by atoms with Gasteiger partial charge in [0.25, 0.3) is 11.8 Å². The van der Waals surface area contributed by atoms with E-state index in [0.717, 1.165) is 34.7 Å². The zero-order chi connectivity index (χ0) is 33.7. The average Bonchev–Trinajstić information content (AvgIpc) is 3.79. The third-order valence-corrected chi connectivity index (χ3v) is 7.86. The maximum absolute atomic E-state index is 13.3.